The molecular weight excluding hydrogens is 212 g/mol. The zero-order chi connectivity index (χ0) is 12.0. The van der Waals surface area contributed by atoms with E-state index in [2.05, 4.69) is 12.2 Å². The lowest BCUT2D eigenvalue weighted by atomic mass is 10.0. The van der Waals surface area contributed by atoms with Crippen molar-refractivity contribution in [2.75, 3.05) is 6.54 Å². The lowest BCUT2D eigenvalue weighted by molar-refractivity contribution is -0.122. The Morgan fingerprint density at radius 3 is 2.53 bits per heavy atom. The maximum atomic E-state index is 11.9. The van der Waals surface area contributed by atoms with E-state index in [-0.39, 0.29) is 5.91 Å². The Balaban J connectivity index is 1.48. The van der Waals surface area contributed by atoms with Crippen molar-refractivity contribution < 1.29 is 4.79 Å². The summed E-state index contributed by atoms with van der Waals surface area (Å²) in [6, 6.07) is 0.532. The van der Waals surface area contributed by atoms with Crippen LogP contribution >= 0.6 is 0 Å². The summed E-state index contributed by atoms with van der Waals surface area (Å²) in [7, 11) is 0. The Labute approximate surface area is 104 Å². The summed E-state index contributed by atoms with van der Waals surface area (Å²) >= 11 is 0. The maximum absolute atomic E-state index is 11.9. The molecule has 0 heterocycles. The van der Waals surface area contributed by atoms with E-state index in [0.29, 0.717) is 24.9 Å². The molecule has 1 amide bonds. The lowest BCUT2D eigenvalue weighted by Crippen LogP contribution is -2.32. The number of nitrogens with one attached hydrogen (secondary N) is 1. The van der Waals surface area contributed by atoms with Gasteiger partial charge in [0.2, 0.25) is 5.91 Å². The van der Waals surface area contributed by atoms with Gasteiger partial charge in [-0.1, -0.05) is 13.3 Å². The molecule has 3 saturated carbocycles. The van der Waals surface area contributed by atoms with Gasteiger partial charge in [0, 0.05) is 12.5 Å². The van der Waals surface area contributed by atoms with E-state index in [1.165, 1.54) is 19.3 Å². The van der Waals surface area contributed by atoms with Crippen molar-refractivity contribution >= 4 is 5.91 Å². The first kappa shape index (κ1) is 11.5. The summed E-state index contributed by atoms with van der Waals surface area (Å²) in [5, 5.41) is 3.26. The molecule has 96 valence electrons. The van der Waals surface area contributed by atoms with E-state index in [9.17, 15) is 4.79 Å². The zero-order valence-corrected chi connectivity index (χ0v) is 10.7. The minimum absolute atomic E-state index is 0.237. The Kier molecular flexibility index (Phi) is 2.89. The maximum Gasteiger partial charge on any atom is 0.220 e. The smallest absolute Gasteiger partial charge is 0.220 e. The molecule has 3 aliphatic rings. The highest BCUT2D eigenvalue weighted by Gasteiger charge is 2.65. The molecule has 5 atom stereocenters. The monoisotopic (exact) mass is 236 g/mol. The molecule has 3 fully saturated rings. The topological polar surface area (TPSA) is 55.1 Å². The largest absolute Gasteiger partial charge is 0.353 e. The fraction of sp³-hybridized carbons (Fsp3) is 0.929. The van der Waals surface area contributed by atoms with Crippen molar-refractivity contribution in [3.8, 4) is 0 Å². The average Bonchev–Trinajstić information content (AvgIpc) is 2.75. The lowest BCUT2D eigenvalue weighted by Gasteiger charge is -2.14. The van der Waals surface area contributed by atoms with E-state index in [0.717, 1.165) is 30.1 Å². The van der Waals surface area contributed by atoms with Gasteiger partial charge >= 0.3 is 0 Å². The third kappa shape index (κ3) is 1.88. The van der Waals surface area contributed by atoms with Gasteiger partial charge in [0.15, 0.2) is 0 Å². The first-order valence-electron chi connectivity index (χ1n) is 7.24. The number of carbonyl (C=O) groups excluding carboxylic acids is 1. The molecule has 0 aromatic carbocycles. The van der Waals surface area contributed by atoms with Crippen LogP contribution < -0.4 is 11.1 Å². The van der Waals surface area contributed by atoms with E-state index in [4.69, 9.17) is 5.73 Å². The fourth-order valence-electron chi connectivity index (χ4n) is 4.42. The molecule has 5 unspecified atom stereocenters. The van der Waals surface area contributed by atoms with Crippen LogP contribution in [0.4, 0.5) is 0 Å². The summed E-state index contributed by atoms with van der Waals surface area (Å²) in [6.07, 6.45) is 5.91. The van der Waals surface area contributed by atoms with Crippen LogP contribution in [0.1, 0.15) is 39.0 Å². The number of rotatable bonds is 5. The van der Waals surface area contributed by atoms with Crippen LogP contribution in [0, 0.1) is 29.6 Å². The number of amides is 1. The van der Waals surface area contributed by atoms with Crippen LogP contribution in [0.15, 0.2) is 0 Å². The molecule has 17 heavy (non-hydrogen) atoms. The molecule has 3 rings (SSSR count). The van der Waals surface area contributed by atoms with Crippen molar-refractivity contribution in [2.45, 2.75) is 45.1 Å². The molecule has 2 bridgehead atoms. The zero-order valence-electron chi connectivity index (χ0n) is 10.7. The third-order valence-corrected chi connectivity index (χ3v) is 5.45. The Hall–Kier alpha value is -0.570. The average molecular weight is 236 g/mol. The second-order valence-electron chi connectivity index (χ2n) is 6.30. The van der Waals surface area contributed by atoms with E-state index < -0.39 is 0 Å². The molecule has 0 saturated heterocycles. The Bertz CT molecular complexity index is 297. The molecule has 0 aromatic heterocycles. The molecule has 3 nitrogen and oxygen atoms in total. The molecule has 3 N–H and O–H groups in total. The number of nitrogens with two attached hydrogens (primary N) is 1. The fourth-order valence-corrected chi connectivity index (χ4v) is 4.42. The summed E-state index contributed by atoms with van der Waals surface area (Å²) in [5.41, 5.74) is 5.64. The van der Waals surface area contributed by atoms with Gasteiger partial charge in [-0.05, 0) is 55.4 Å². The SMILES string of the molecule is CCC(CN)CC(=O)NC1C2C3CCC(C3)C12. The van der Waals surface area contributed by atoms with E-state index in [1.807, 2.05) is 0 Å². The molecule has 0 radical (unpaired) electrons. The predicted molar refractivity (Wildman–Crippen MR) is 67.2 cm³/mol. The van der Waals surface area contributed by atoms with Crippen molar-refractivity contribution in [3.63, 3.8) is 0 Å². The highest BCUT2D eigenvalue weighted by atomic mass is 16.1. The van der Waals surface area contributed by atoms with Gasteiger partial charge in [-0.3, -0.25) is 4.79 Å². The van der Waals surface area contributed by atoms with Gasteiger partial charge in [0.1, 0.15) is 0 Å². The molecule has 0 aliphatic heterocycles. The predicted octanol–water partition coefficient (Wildman–Crippen LogP) is 1.52. The Morgan fingerprint density at radius 2 is 2.00 bits per heavy atom. The third-order valence-electron chi connectivity index (χ3n) is 5.45. The number of hydrogen-bond acceptors (Lipinski definition) is 2. The summed E-state index contributed by atoms with van der Waals surface area (Å²) in [4.78, 5) is 11.9. The molecule has 0 spiro atoms. The second kappa shape index (κ2) is 4.27. The first-order chi connectivity index (χ1) is 8.24. The van der Waals surface area contributed by atoms with Crippen molar-refractivity contribution in [1.29, 1.82) is 0 Å². The van der Waals surface area contributed by atoms with Gasteiger partial charge in [-0.15, -0.1) is 0 Å². The molecule has 3 aliphatic carbocycles. The van der Waals surface area contributed by atoms with Crippen LogP contribution in [-0.4, -0.2) is 18.5 Å². The number of hydrogen-bond donors (Lipinski definition) is 2. The molecular formula is C14H24N2O. The van der Waals surface area contributed by atoms with Crippen molar-refractivity contribution in [1.82, 2.24) is 5.32 Å². The highest BCUT2D eigenvalue weighted by Crippen LogP contribution is 2.65. The van der Waals surface area contributed by atoms with Gasteiger partial charge in [-0.2, -0.15) is 0 Å². The van der Waals surface area contributed by atoms with Gasteiger partial charge in [-0.25, -0.2) is 0 Å². The summed E-state index contributed by atoms with van der Waals surface area (Å²) in [6.45, 7) is 2.74. The molecule has 0 aromatic rings. The number of fused-ring (bicyclic) bond motifs is 5. The van der Waals surface area contributed by atoms with Crippen molar-refractivity contribution in [2.24, 2.45) is 35.3 Å². The first-order valence-corrected chi connectivity index (χ1v) is 7.24. The minimum atomic E-state index is 0.237. The van der Waals surface area contributed by atoms with E-state index in [1.54, 1.807) is 0 Å². The standard InChI is InChI=1S/C14H24N2O/c1-2-8(7-15)5-11(17)16-14-12-9-3-4-10(6-9)13(12)14/h8-10,12-14H,2-7,15H2,1H3,(H,16,17). The highest BCUT2D eigenvalue weighted by molar-refractivity contribution is 5.77. The van der Waals surface area contributed by atoms with Crippen molar-refractivity contribution in [3.05, 3.63) is 0 Å². The molecule has 3 heteroatoms. The van der Waals surface area contributed by atoms with Crippen LogP contribution in [-0.2, 0) is 4.79 Å². The van der Waals surface area contributed by atoms with Gasteiger partial charge in [0.05, 0.1) is 0 Å². The van der Waals surface area contributed by atoms with Crippen LogP contribution in [0.2, 0.25) is 0 Å². The quantitative estimate of drug-likeness (QED) is 0.760. The summed E-state index contributed by atoms with van der Waals surface area (Å²) in [5.74, 6) is 4.16. The van der Waals surface area contributed by atoms with Gasteiger partial charge < -0.3 is 11.1 Å². The Morgan fingerprint density at radius 1 is 1.35 bits per heavy atom. The minimum Gasteiger partial charge on any atom is -0.353 e. The van der Waals surface area contributed by atoms with Crippen LogP contribution in [0.25, 0.3) is 0 Å². The summed E-state index contributed by atoms with van der Waals surface area (Å²) < 4.78 is 0. The normalized spacial score (nSPS) is 43.3. The number of carbonyl (C=O) groups is 1. The van der Waals surface area contributed by atoms with Gasteiger partial charge in [0.25, 0.3) is 0 Å². The van der Waals surface area contributed by atoms with Crippen LogP contribution in [0.5, 0.6) is 0 Å². The second-order valence-corrected chi connectivity index (χ2v) is 6.30. The van der Waals surface area contributed by atoms with Crippen LogP contribution in [0.3, 0.4) is 0 Å². The van der Waals surface area contributed by atoms with E-state index >= 15 is 0 Å².